The van der Waals surface area contributed by atoms with Crippen LogP contribution in [0, 0.1) is 5.92 Å². The van der Waals surface area contributed by atoms with E-state index in [0.717, 1.165) is 9.75 Å². The molecule has 0 aliphatic heterocycles. The van der Waals surface area contributed by atoms with Gasteiger partial charge in [0, 0.05) is 16.3 Å². The SMILES string of the molecule is CC(C)C(O)c1ccc(CN)s1. The third kappa shape index (κ3) is 2.06. The van der Waals surface area contributed by atoms with E-state index in [4.69, 9.17) is 5.73 Å². The van der Waals surface area contributed by atoms with E-state index in [2.05, 4.69) is 0 Å². The Morgan fingerprint density at radius 3 is 2.58 bits per heavy atom. The van der Waals surface area contributed by atoms with Gasteiger partial charge in [-0.3, -0.25) is 0 Å². The fourth-order valence-electron chi connectivity index (χ4n) is 0.992. The van der Waals surface area contributed by atoms with Gasteiger partial charge in [0.15, 0.2) is 0 Å². The van der Waals surface area contributed by atoms with Gasteiger partial charge in [0.1, 0.15) is 0 Å². The van der Waals surface area contributed by atoms with Crippen LogP contribution in [0.2, 0.25) is 0 Å². The van der Waals surface area contributed by atoms with Crippen molar-refractivity contribution in [3.8, 4) is 0 Å². The highest BCUT2D eigenvalue weighted by molar-refractivity contribution is 7.12. The van der Waals surface area contributed by atoms with Gasteiger partial charge in [-0.25, -0.2) is 0 Å². The Hall–Kier alpha value is -0.380. The molecule has 1 aromatic heterocycles. The molecule has 1 heterocycles. The summed E-state index contributed by atoms with van der Waals surface area (Å²) in [6, 6.07) is 3.93. The van der Waals surface area contributed by atoms with Crippen molar-refractivity contribution in [2.24, 2.45) is 11.7 Å². The van der Waals surface area contributed by atoms with Crippen LogP contribution in [-0.2, 0) is 6.54 Å². The fraction of sp³-hybridized carbons (Fsp3) is 0.556. The summed E-state index contributed by atoms with van der Waals surface area (Å²) in [5, 5.41) is 9.68. The molecule has 1 aromatic rings. The first kappa shape index (κ1) is 9.71. The molecule has 1 atom stereocenters. The molecule has 0 aliphatic rings. The Morgan fingerprint density at radius 1 is 1.50 bits per heavy atom. The number of hydrogen-bond donors (Lipinski definition) is 2. The molecule has 0 fully saturated rings. The van der Waals surface area contributed by atoms with Crippen molar-refractivity contribution in [3.05, 3.63) is 21.9 Å². The van der Waals surface area contributed by atoms with Crippen molar-refractivity contribution >= 4 is 11.3 Å². The van der Waals surface area contributed by atoms with E-state index >= 15 is 0 Å². The number of thiophene rings is 1. The minimum atomic E-state index is -0.338. The van der Waals surface area contributed by atoms with Crippen molar-refractivity contribution in [2.75, 3.05) is 0 Å². The summed E-state index contributed by atoms with van der Waals surface area (Å²) in [4.78, 5) is 2.15. The molecule has 0 aromatic carbocycles. The van der Waals surface area contributed by atoms with E-state index in [1.807, 2.05) is 26.0 Å². The maximum Gasteiger partial charge on any atom is 0.0904 e. The molecule has 68 valence electrons. The molecule has 0 spiro atoms. The zero-order valence-electron chi connectivity index (χ0n) is 7.45. The van der Waals surface area contributed by atoms with Gasteiger partial charge in [-0.05, 0) is 18.1 Å². The van der Waals surface area contributed by atoms with Crippen LogP contribution in [0.1, 0.15) is 29.7 Å². The summed E-state index contributed by atoms with van der Waals surface area (Å²) in [5.41, 5.74) is 5.47. The highest BCUT2D eigenvalue weighted by atomic mass is 32.1. The summed E-state index contributed by atoms with van der Waals surface area (Å²) < 4.78 is 0. The van der Waals surface area contributed by atoms with Gasteiger partial charge in [0.2, 0.25) is 0 Å². The van der Waals surface area contributed by atoms with Gasteiger partial charge in [-0.1, -0.05) is 13.8 Å². The fourth-order valence-corrected chi connectivity index (χ4v) is 2.04. The Morgan fingerprint density at radius 2 is 2.17 bits per heavy atom. The highest BCUT2D eigenvalue weighted by Gasteiger charge is 2.13. The van der Waals surface area contributed by atoms with Crippen LogP contribution >= 0.6 is 11.3 Å². The highest BCUT2D eigenvalue weighted by Crippen LogP contribution is 2.27. The topological polar surface area (TPSA) is 46.2 Å². The second-order valence-corrected chi connectivity index (χ2v) is 4.40. The van der Waals surface area contributed by atoms with E-state index in [9.17, 15) is 5.11 Å². The Kier molecular flexibility index (Phi) is 3.26. The van der Waals surface area contributed by atoms with Crippen molar-refractivity contribution in [3.63, 3.8) is 0 Å². The molecule has 0 aliphatic carbocycles. The van der Waals surface area contributed by atoms with Gasteiger partial charge >= 0.3 is 0 Å². The standard InChI is InChI=1S/C9H15NOS/c1-6(2)9(11)8-4-3-7(5-10)12-8/h3-4,6,9,11H,5,10H2,1-2H3. The molecule has 0 saturated carbocycles. The smallest absolute Gasteiger partial charge is 0.0904 e. The maximum absolute atomic E-state index is 9.68. The summed E-state index contributed by atoms with van der Waals surface area (Å²) >= 11 is 1.59. The van der Waals surface area contributed by atoms with Crippen LogP contribution in [-0.4, -0.2) is 5.11 Å². The number of aliphatic hydroxyl groups is 1. The van der Waals surface area contributed by atoms with Crippen LogP contribution in [0.5, 0.6) is 0 Å². The zero-order chi connectivity index (χ0) is 9.14. The number of nitrogens with two attached hydrogens (primary N) is 1. The summed E-state index contributed by atoms with van der Waals surface area (Å²) in [6.45, 7) is 4.58. The molecule has 1 unspecified atom stereocenters. The molecule has 12 heavy (non-hydrogen) atoms. The summed E-state index contributed by atoms with van der Waals surface area (Å²) in [7, 11) is 0. The normalized spacial score (nSPS) is 13.8. The third-order valence-corrected chi connectivity index (χ3v) is 2.98. The summed E-state index contributed by atoms with van der Waals surface area (Å²) in [5.74, 6) is 0.272. The van der Waals surface area contributed by atoms with E-state index in [-0.39, 0.29) is 12.0 Å². The van der Waals surface area contributed by atoms with Gasteiger partial charge in [0.05, 0.1) is 6.10 Å². The lowest BCUT2D eigenvalue weighted by molar-refractivity contribution is 0.130. The minimum Gasteiger partial charge on any atom is -0.387 e. The van der Waals surface area contributed by atoms with Crippen LogP contribution in [0.3, 0.4) is 0 Å². The zero-order valence-corrected chi connectivity index (χ0v) is 8.27. The molecule has 0 radical (unpaired) electrons. The molecule has 0 amide bonds. The lowest BCUT2D eigenvalue weighted by Crippen LogP contribution is -2.02. The van der Waals surface area contributed by atoms with E-state index < -0.39 is 0 Å². The van der Waals surface area contributed by atoms with Crippen LogP contribution in [0.25, 0.3) is 0 Å². The van der Waals surface area contributed by atoms with Crippen molar-refractivity contribution in [2.45, 2.75) is 26.5 Å². The van der Waals surface area contributed by atoms with Crippen molar-refractivity contribution in [1.82, 2.24) is 0 Å². The molecule has 3 heteroatoms. The predicted octanol–water partition coefficient (Wildman–Crippen LogP) is 1.90. The summed E-state index contributed by atoms with van der Waals surface area (Å²) in [6.07, 6.45) is -0.338. The van der Waals surface area contributed by atoms with Crippen molar-refractivity contribution in [1.29, 1.82) is 0 Å². The Bertz CT molecular complexity index is 244. The molecule has 0 bridgehead atoms. The van der Waals surface area contributed by atoms with Gasteiger partial charge < -0.3 is 10.8 Å². The molecule has 2 nitrogen and oxygen atoms in total. The number of rotatable bonds is 3. The molecule has 0 saturated heterocycles. The van der Waals surface area contributed by atoms with Gasteiger partial charge in [-0.15, -0.1) is 11.3 Å². The minimum absolute atomic E-state index is 0.272. The van der Waals surface area contributed by atoms with Gasteiger partial charge in [0.25, 0.3) is 0 Å². The number of aliphatic hydroxyl groups excluding tert-OH is 1. The van der Waals surface area contributed by atoms with Crippen LogP contribution in [0.15, 0.2) is 12.1 Å². The molecule has 1 rings (SSSR count). The first-order chi connectivity index (χ1) is 5.65. The second-order valence-electron chi connectivity index (χ2n) is 3.20. The van der Waals surface area contributed by atoms with Crippen molar-refractivity contribution < 1.29 is 5.11 Å². The van der Waals surface area contributed by atoms with Crippen LogP contribution < -0.4 is 5.73 Å². The largest absolute Gasteiger partial charge is 0.387 e. The predicted molar refractivity (Wildman–Crippen MR) is 52.0 cm³/mol. The first-order valence-corrected chi connectivity index (χ1v) is 4.93. The Balaban J connectivity index is 2.74. The third-order valence-electron chi connectivity index (χ3n) is 1.81. The number of hydrogen-bond acceptors (Lipinski definition) is 3. The van der Waals surface area contributed by atoms with Crippen LogP contribution in [0.4, 0.5) is 0 Å². The lowest BCUT2D eigenvalue weighted by atomic mass is 10.1. The Labute approximate surface area is 77.0 Å². The first-order valence-electron chi connectivity index (χ1n) is 4.12. The van der Waals surface area contributed by atoms with Gasteiger partial charge in [-0.2, -0.15) is 0 Å². The van der Waals surface area contributed by atoms with E-state index in [1.54, 1.807) is 11.3 Å². The average molecular weight is 185 g/mol. The molecular weight excluding hydrogens is 170 g/mol. The second kappa shape index (κ2) is 4.03. The quantitative estimate of drug-likeness (QED) is 0.755. The average Bonchev–Trinajstić information content (AvgIpc) is 2.50. The molecular formula is C9H15NOS. The molecule has 3 N–H and O–H groups in total. The lowest BCUT2D eigenvalue weighted by Gasteiger charge is -2.11. The monoisotopic (exact) mass is 185 g/mol. The van der Waals surface area contributed by atoms with E-state index in [1.165, 1.54) is 0 Å². The maximum atomic E-state index is 9.68. The van der Waals surface area contributed by atoms with E-state index in [0.29, 0.717) is 6.54 Å².